The maximum atomic E-state index is 10.8. The second-order valence-corrected chi connectivity index (χ2v) is 2.78. The van der Waals surface area contributed by atoms with Crippen molar-refractivity contribution < 1.29 is 4.79 Å². The molecule has 0 saturated carbocycles. The minimum Gasteiger partial charge on any atom is -0.298 e. The van der Waals surface area contributed by atoms with E-state index in [0.29, 0.717) is 5.57 Å². The molecule has 1 aromatic carbocycles. The molecule has 1 heteroatoms. The van der Waals surface area contributed by atoms with Gasteiger partial charge in [0.1, 0.15) is 0 Å². The Morgan fingerprint density at radius 1 is 1.31 bits per heavy atom. The Kier molecular flexibility index (Phi) is 3.21. The summed E-state index contributed by atoms with van der Waals surface area (Å²) in [5.74, 6) is 0. The number of carbonyl (C=O) groups is 1. The van der Waals surface area contributed by atoms with Gasteiger partial charge in [0.05, 0.1) is 0 Å². The van der Waals surface area contributed by atoms with Gasteiger partial charge in [-0.25, -0.2) is 0 Å². The Morgan fingerprint density at radius 2 is 1.92 bits per heavy atom. The van der Waals surface area contributed by atoms with Gasteiger partial charge in [-0.05, 0) is 18.1 Å². The zero-order chi connectivity index (χ0) is 9.68. The summed E-state index contributed by atoms with van der Waals surface area (Å²) < 4.78 is 0. The van der Waals surface area contributed by atoms with Crippen LogP contribution in [-0.2, 0) is 4.79 Å². The first-order valence-corrected chi connectivity index (χ1v) is 4.13. The quantitative estimate of drug-likeness (QED) is 0.389. The lowest BCUT2D eigenvalue weighted by Gasteiger charge is -2.01. The van der Waals surface area contributed by atoms with Gasteiger partial charge < -0.3 is 0 Å². The third-order valence-corrected chi connectivity index (χ3v) is 1.93. The summed E-state index contributed by atoms with van der Waals surface area (Å²) in [7, 11) is 0. The third kappa shape index (κ3) is 2.15. The monoisotopic (exact) mass is 172 g/mol. The van der Waals surface area contributed by atoms with Crippen molar-refractivity contribution in [3.8, 4) is 0 Å². The van der Waals surface area contributed by atoms with E-state index in [1.54, 1.807) is 6.08 Å². The summed E-state index contributed by atoms with van der Waals surface area (Å²) in [4.78, 5) is 10.8. The molecule has 1 nitrogen and oxygen atoms in total. The summed E-state index contributed by atoms with van der Waals surface area (Å²) in [5.41, 5.74) is 2.55. The van der Waals surface area contributed by atoms with Crippen molar-refractivity contribution in [3.63, 3.8) is 0 Å². The molecule has 0 bridgehead atoms. The number of benzene rings is 1. The number of carbonyl (C=O) groups excluding carboxylic acids is 1. The zero-order valence-electron chi connectivity index (χ0n) is 7.66. The van der Waals surface area contributed by atoms with Gasteiger partial charge in [-0.1, -0.05) is 43.0 Å². The molecule has 66 valence electrons. The number of aldehydes is 1. The fourth-order valence-corrected chi connectivity index (χ4v) is 1.12. The molecule has 0 amide bonds. The van der Waals surface area contributed by atoms with Gasteiger partial charge in [0.25, 0.3) is 0 Å². The standard InChI is InChI=1S/C12H12O/c1-3-10(2)12(9-13)11-7-5-4-6-8-11/h3-9H,1H2,2H3/b12-10-. The van der Waals surface area contributed by atoms with Crippen LogP contribution in [0.1, 0.15) is 12.5 Å². The largest absolute Gasteiger partial charge is 0.298 e. The first-order valence-electron chi connectivity index (χ1n) is 4.13. The smallest absolute Gasteiger partial charge is 0.150 e. The highest BCUT2D eigenvalue weighted by Gasteiger charge is 2.00. The van der Waals surface area contributed by atoms with Gasteiger partial charge in [-0.15, -0.1) is 0 Å². The van der Waals surface area contributed by atoms with Gasteiger partial charge in [-0.3, -0.25) is 4.79 Å². The molecule has 1 rings (SSSR count). The summed E-state index contributed by atoms with van der Waals surface area (Å²) in [6.07, 6.45) is 2.56. The molecule has 0 aliphatic heterocycles. The molecule has 0 fully saturated rings. The van der Waals surface area contributed by atoms with Crippen molar-refractivity contribution in [2.75, 3.05) is 0 Å². The molecular formula is C12H12O. The average Bonchev–Trinajstić information content (AvgIpc) is 2.20. The highest BCUT2D eigenvalue weighted by molar-refractivity contribution is 6.08. The highest BCUT2D eigenvalue weighted by atomic mass is 16.1. The molecule has 0 aliphatic carbocycles. The van der Waals surface area contributed by atoms with Gasteiger partial charge in [-0.2, -0.15) is 0 Å². The van der Waals surface area contributed by atoms with E-state index >= 15 is 0 Å². The second kappa shape index (κ2) is 4.41. The van der Waals surface area contributed by atoms with Crippen LogP contribution in [0.5, 0.6) is 0 Å². The lowest BCUT2D eigenvalue weighted by Crippen LogP contribution is -1.88. The molecule has 0 aromatic heterocycles. The lowest BCUT2D eigenvalue weighted by molar-refractivity contribution is -0.103. The van der Waals surface area contributed by atoms with Gasteiger partial charge in [0, 0.05) is 5.57 Å². The van der Waals surface area contributed by atoms with E-state index in [9.17, 15) is 4.79 Å². The van der Waals surface area contributed by atoms with E-state index < -0.39 is 0 Å². The van der Waals surface area contributed by atoms with Crippen LogP contribution in [-0.4, -0.2) is 6.29 Å². The first-order chi connectivity index (χ1) is 6.29. The van der Waals surface area contributed by atoms with Crippen LogP contribution in [0.4, 0.5) is 0 Å². The molecule has 0 atom stereocenters. The Hall–Kier alpha value is -1.63. The van der Waals surface area contributed by atoms with Crippen LogP contribution in [0.25, 0.3) is 5.57 Å². The normalized spacial score (nSPS) is 11.8. The molecule has 0 aliphatic rings. The molecule has 0 unspecified atom stereocenters. The summed E-state index contributed by atoms with van der Waals surface area (Å²) in [6, 6.07) is 9.58. The minimum absolute atomic E-state index is 0.704. The lowest BCUT2D eigenvalue weighted by atomic mass is 10.0. The van der Waals surface area contributed by atoms with Crippen LogP contribution in [0.15, 0.2) is 48.6 Å². The molecule has 1 aromatic rings. The second-order valence-electron chi connectivity index (χ2n) is 2.78. The topological polar surface area (TPSA) is 17.1 Å². The Labute approximate surface area is 78.4 Å². The number of hydrogen-bond acceptors (Lipinski definition) is 1. The van der Waals surface area contributed by atoms with Crippen LogP contribution in [0.3, 0.4) is 0 Å². The van der Waals surface area contributed by atoms with E-state index in [2.05, 4.69) is 6.58 Å². The Balaban J connectivity index is 3.20. The summed E-state index contributed by atoms with van der Waals surface area (Å²) >= 11 is 0. The first kappa shape index (κ1) is 9.46. The molecular weight excluding hydrogens is 160 g/mol. The number of rotatable bonds is 3. The fraction of sp³-hybridized carbons (Fsp3) is 0.0833. The van der Waals surface area contributed by atoms with E-state index in [-0.39, 0.29) is 0 Å². The maximum Gasteiger partial charge on any atom is 0.150 e. The van der Waals surface area contributed by atoms with Gasteiger partial charge >= 0.3 is 0 Å². The van der Waals surface area contributed by atoms with Crippen LogP contribution >= 0.6 is 0 Å². The minimum atomic E-state index is 0.704. The van der Waals surface area contributed by atoms with Gasteiger partial charge in [0.2, 0.25) is 0 Å². The predicted molar refractivity (Wildman–Crippen MR) is 55.3 cm³/mol. The molecule has 0 N–H and O–H groups in total. The van der Waals surface area contributed by atoms with Crippen LogP contribution in [0, 0.1) is 0 Å². The number of hydrogen-bond donors (Lipinski definition) is 0. The average molecular weight is 172 g/mol. The van der Waals surface area contributed by atoms with E-state index in [1.165, 1.54) is 0 Å². The van der Waals surface area contributed by atoms with Crippen LogP contribution < -0.4 is 0 Å². The van der Waals surface area contributed by atoms with E-state index in [0.717, 1.165) is 17.4 Å². The molecule has 13 heavy (non-hydrogen) atoms. The van der Waals surface area contributed by atoms with Crippen molar-refractivity contribution in [1.82, 2.24) is 0 Å². The molecule has 0 radical (unpaired) electrons. The Bertz CT molecular complexity index is 333. The van der Waals surface area contributed by atoms with E-state index in [1.807, 2.05) is 37.3 Å². The van der Waals surface area contributed by atoms with Crippen LogP contribution in [0.2, 0.25) is 0 Å². The van der Waals surface area contributed by atoms with Gasteiger partial charge in [0.15, 0.2) is 6.29 Å². The van der Waals surface area contributed by atoms with Crippen molar-refractivity contribution in [2.24, 2.45) is 0 Å². The van der Waals surface area contributed by atoms with Crippen molar-refractivity contribution in [1.29, 1.82) is 0 Å². The zero-order valence-corrected chi connectivity index (χ0v) is 7.66. The van der Waals surface area contributed by atoms with Crippen molar-refractivity contribution >= 4 is 11.9 Å². The predicted octanol–water partition coefficient (Wildman–Crippen LogP) is 2.85. The summed E-state index contributed by atoms with van der Waals surface area (Å²) in [6.45, 7) is 5.52. The molecule has 0 saturated heterocycles. The third-order valence-electron chi connectivity index (χ3n) is 1.93. The Morgan fingerprint density at radius 3 is 2.38 bits per heavy atom. The highest BCUT2D eigenvalue weighted by Crippen LogP contribution is 2.16. The SMILES string of the molecule is C=C/C(C)=C(/C=O)c1ccccc1. The molecule has 0 heterocycles. The van der Waals surface area contributed by atoms with Crippen molar-refractivity contribution in [2.45, 2.75) is 6.92 Å². The van der Waals surface area contributed by atoms with Crippen molar-refractivity contribution in [3.05, 3.63) is 54.1 Å². The summed E-state index contributed by atoms with van der Waals surface area (Å²) in [5, 5.41) is 0. The fourth-order valence-electron chi connectivity index (χ4n) is 1.12. The number of allylic oxidation sites excluding steroid dienone is 3. The maximum absolute atomic E-state index is 10.8. The van der Waals surface area contributed by atoms with E-state index in [4.69, 9.17) is 0 Å². The molecule has 0 spiro atoms.